The zero-order chi connectivity index (χ0) is 24.5. The van der Waals surface area contributed by atoms with Gasteiger partial charge in [-0.15, -0.1) is 0 Å². The van der Waals surface area contributed by atoms with Crippen molar-refractivity contribution in [2.75, 3.05) is 13.2 Å². The minimum Gasteiger partial charge on any atom is -0.491 e. The molecule has 0 unspecified atom stereocenters. The molecule has 0 atom stereocenters. The fourth-order valence-corrected chi connectivity index (χ4v) is 3.00. The van der Waals surface area contributed by atoms with E-state index in [0.717, 1.165) is 9.79 Å². The molecule has 0 aliphatic heterocycles. The Morgan fingerprint density at radius 2 is 1.69 bits per heavy atom. The molecule has 0 aliphatic rings. The van der Waals surface area contributed by atoms with Gasteiger partial charge in [-0.25, -0.2) is 4.79 Å². The van der Waals surface area contributed by atoms with Crippen molar-refractivity contribution >= 4 is 29.2 Å². The number of Topliss-reactive ketones (excluding diaryl/α,β-unsaturated/α-hetero) is 1. The quantitative estimate of drug-likeness (QED) is 0.249. The third-order valence-electron chi connectivity index (χ3n) is 3.42. The number of oxime groups is 1. The molecule has 0 radical (unpaired) electrons. The van der Waals surface area contributed by atoms with Crippen molar-refractivity contribution in [1.82, 2.24) is 0 Å². The molecule has 1 N–H and O–H groups in total. The van der Waals surface area contributed by atoms with Crippen LogP contribution in [0.4, 0.5) is 0 Å². The van der Waals surface area contributed by atoms with Crippen LogP contribution in [0.1, 0.15) is 57.5 Å². The standard InChI is InChI=1S/C20H18N2O5S.2C2H6/c1-13(22-27-14(2)24)20(25)15-3-6-18(7-4-15)28-19-8-5-17(26-10-9-23)11-16(19)12-21;2*1-2/h3-8,11,23H,9-10H2,1-2H3;2*1-2H3/b22-13+;;. The van der Waals surface area contributed by atoms with E-state index in [1.165, 1.54) is 25.6 Å². The van der Waals surface area contributed by atoms with Gasteiger partial charge in [0.1, 0.15) is 24.1 Å². The van der Waals surface area contributed by atoms with Crippen LogP contribution >= 0.6 is 11.8 Å². The van der Waals surface area contributed by atoms with Gasteiger partial charge in [0, 0.05) is 22.3 Å². The predicted octanol–water partition coefficient (Wildman–Crippen LogP) is 5.25. The second-order valence-corrected chi connectivity index (χ2v) is 6.67. The van der Waals surface area contributed by atoms with Crippen LogP contribution in [0.15, 0.2) is 57.4 Å². The molecule has 172 valence electrons. The number of nitriles is 1. The van der Waals surface area contributed by atoms with Crippen molar-refractivity contribution in [3.63, 3.8) is 0 Å². The van der Waals surface area contributed by atoms with Crippen LogP contribution < -0.4 is 4.74 Å². The highest BCUT2D eigenvalue weighted by Crippen LogP contribution is 2.32. The van der Waals surface area contributed by atoms with E-state index >= 15 is 0 Å². The highest BCUT2D eigenvalue weighted by Gasteiger charge is 2.12. The Bertz CT molecular complexity index is 934. The third-order valence-corrected chi connectivity index (χ3v) is 4.50. The molecule has 8 heteroatoms. The van der Waals surface area contributed by atoms with Gasteiger partial charge in [-0.3, -0.25) is 4.79 Å². The molecule has 0 aliphatic carbocycles. The first-order chi connectivity index (χ1) is 15.4. The molecule has 0 fully saturated rings. The molecule has 2 rings (SSSR count). The summed E-state index contributed by atoms with van der Waals surface area (Å²) < 4.78 is 5.31. The van der Waals surface area contributed by atoms with Gasteiger partial charge in [0.15, 0.2) is 0 Å². The van der Waals surface area contributed by atoms with Gasteiger partial charge in [0.05, 0.1) is 12.2 Å². The van der Waals surface area contributed by atoms with Gasteiger partial charge >= 0.3 is 5.97 Å². The van der Waals surface area contributed by atoms with Crippen molar-refractivity contribution in [2.24, 2.45) is 5.16 Å². The molecule has 0 saturated carbocycles. The van der Waals surface area contributed by atoms with E-state index in [4.69, 9.17) is 9.84 Å². The minimum atomic E-state index is -0.597. The van der Waals surface area contributed by atoms with E-state index < -0.39 is 5.97 Å². The van der Waals surface area contributed by atoms with E-state index in [2.05, 4.69) is 16.1 Å². The number of hydrogen-bond acceptors (Lipinski definition) is 8. The molecule has 2 aromatic rings. The van der Waals surface area contributed by atoms with E-state index in [-0.39, 0.29) is 24.7 Å². The molecule has 0 amide bonds. The maximum atomic E-state index is 12.2. The van der Waals surface area contributed by atoms with Gasteiger partial charge in [0.25, 0.3) is 0 Å². The predicted molar refractivity (Wildman–Crippen MR) is 126 cm³/mol. The van der Waals surface area contributed by atoms with Crippen molar-refractivity contribution in [3.8, 4) is 11.8 Å². The van der Waals surface area contributed by atoms with Gasteiger partial charge < -0.3 is 14.7 Å². The highest BCUT2D eigenvalue weighted by atomic mass is 32.2. The van der Waals surface area contributed by atoms with E-state index in [9.17, 15) is 14.9 Å². The topological polar surface area (TPSA) is 109 Å². The highest BCUT2D eigenvalue weighted by molar-refractivity contribution is 7.99. The number of aliphatic hydroxyl groups is 1. The first-order valence-electron chi connectivity index (χ1n) is 10.3. The Labute approximate surface area is 194 Å². The zero-order valence-electron chi connectivity index (χ0n) is 19.3. The number of aliphatic hydroxyl groups excluding tert-OH is 1. The SMILES string of the molecule is CC.CC.CC(=O)O/N=C(\C)C(=O)c1ccc(Sc2ccc(OCCO)cc2C#N)cc1. The lowest BCUT2D eigenvalue weighted by Gasteiger charge is -2.08. The lowest BCUT2D eigenvalue weighted by Crippen LogP contribution is -2.11. The van der Waals surface area contributed by atoms with Crippen molar-refractivity contribution in [2.45, 2.75) is 51.3 Å². The molecule has 2 aromatic carbocycles. The monoisotopic (exact) mass is 458 g/mol. The number of carbonyl (C=O) groups is 2. The summed E-state index contributed by atoms with van der Waals surface area (Å²) in [5, 5.41) is 21.6. The molecular formula is C24H30N2O5S. The van der Waals surface area contributed by atoms with Gasteiger partial charge in [-0.2, -0.15) is 5.26 Å². The zero-order valence-corrected chi connectivity index (χ0v) is 20.2. The molecule has 0 saturated heterocycles. The van der Waals surface area contributed by atoms with Gasteiger partial charge in [-0.1, -0.05) is 44.6 Å². The second-order valence-electron chi connectivity index (χ2n) is 5.56. The Kier molecular flexibility index (Phi) is 14.9. The minimum absolute atomic E-state index is 0.0702. The fraction of sp³-hybridized carbons (Fsp3) is 0.333. The van der Waals surface area contributed by atoms with E-state index in [1.54, 1.807) is 42.5 Å². The molecule has 0 aromatic heterocycles. The maximum absolute atomic E-state index is 12.2. The van der Waals surface area contributed by atoms with Crippen LogP contribution in [-0.4, -0.2) is 35.8 Å². The Hall–Kier alpha value is -3.15. The van der Waals surface area contributed by atoms with Gasteiger partial charge in [0.2, 0.25) is 5.78 Å². The second kappa shape index (κ2) is 16.5. The average Bonchev–Trinajstić information content (AvgIpc) is 2.84. The third kappa shape index (κ3) is 9.77. The number of nitrogens with zero attached hydrogens (tertiary/aromatic N) is 2. The summed E-state index contributed by atoms with van der Waals surface area (Å²) in [5.41, 5.74) is 0.928. The number of benzene rings is 2. The Morgan fingerprint density at radius 1 is 1.06 bits per heavy atom. The smallest absolute Gasteiger partial charge is 0.331 e. The number of rotatable bonds is 8. The summed E-state index contributed by atoms with van der Waals surface area (Å²) in [6, 6.07) is 14.0. The molecule has 32 heavy (non-hydrogen) atoms. The first-order valence-corrected chi connectivity index (χ1v) is 11.1. The normalized spacial score (nSPS) is 9.88. The molecule has 0 bridgehead atoms. The summed E-state index contributed by atoms with van der Waals surface area (Å²) in [7, 11) is 0. The average molecular weight is 459 g/mol. The lowest BCUT2D eigenvalue weighted by molar-refractivity contribution is -0.140. The summed E-state index contributed by atoms with van der Waals surface area (Å²) in [5.74, 6) is -0.431. The number of hydrogen-bond donors (Lipinski definition) is 1. The van der Waals surface area contributed by atoms with Gasteiger partial charge in [-0.05, 0) is 49.4 Å². The van der Waals surface area contributed by atoms with Crippen molar-refractivity contribution in [1.29, 1.82) is 5.26 Å². The Balaban J connectivity index is 0.00000227. The van der Waals surface area contributed by atoms with E-state index in [0.29, 0.717) is 16.9 Å². The summed E-state index contributed by atoms with van der Waals surface area (Å²) in [6.07, 6.45) is 0. The summed E-state index contributed by atoms with van der Waals surface area (Å²) >= 11 is 1.38. The van der Waals surface area contributed by atoms with Crippen molar-refractivity contribution < 1.29 is 24.3 Å². The van der Waals surface area contributed by atoms with Crippen molar-refractivity contribution in [3.05, 3.63) is 53.6 Å². The van der Waals surface area contributed by atoms with Crippen LogP contribution in [0.2, 0.25) is 0 Å². The lowest BCUT2D eigenvalue weighted by atomic mass is 10.1. The number of ketones is 1. The Morgan fingerprint density at radius 3 is 2.22 bits per heavy atom. The largest absolute Gasteiger partial charge is 0.491 e. The fourth-order valence-electron chi connectivity index (χ4n) is 2.12. The summed E-state index contributed by atoms with van der Waals surface area (Å²) in [6.45, 7) is 10.7. The van der Waals surface area contributed by atoms with Crippen LogP contribution in [-0.2, 0) is 9.63 Å². The van der Waals surface area contributed by atoms with E-state index in [1.807, 2.05) is 27.7 Å². The molecule has 0 heterocycles. The number of carbonyl (C=O) groups excluding carboxylic acids is 2. The number of ether oxygens (including phenoxy) is 1. The first kappa shape index (κ1) is 28.9. The molecule has 7 nitrogen and oxygen atoms in total. The van der Waals surface area contributed by atoms with Crippen LogP contribution in [0.25, 0.3) is 0 Å². The summed E-state index contributed by atoms with van der Waals surface area (Å²) in [4.78, 5) is 29.1. The molecular weight excluding hydrogens is 428 g/mol. The molecule has 0 spiro atoms. The van der Waals surface area contributed by atoms with Crippen LogP contribution in [0.3, 0.4) is 0 Å². The maximum Gasteiger partial charge on any atom is 0.331 e. The van der Waals surface area contributed by atoms with Crippen LogP contribution in [0, 0.1) is 11.3 Å². The van der Waals surface area contributed by atoms with Crippen LogP contribution in [0.5, 0.6) is 5.75 Å².